The zero-order valence-electron chi connectivity index (χ0n) is 18.3. The van der Waals surface area contributed by atoms with Gasteiger partial charge in [0, 0.05) is 50.0 Å². The molecule has 0 saturated carbocycles. The third kappa shape index (κ3) is 4.01. The number of fused-ring (bicyclic) bond motifs is 1. The van der Waals surface area contributed by atoms with E-state index in [4.69, 9.17) is 10.2 Å². The molecule has 1 amide bonds. The standard InChI is InChI=1S/C25H29N3O4/c1-2-21-20(19-10-6-7-11-22(19)32-21)16-27-12-13-28(23(29)15-26)25(17-27,24(30)31)14-18-8-4-3-5-9-18/h3-11H,2,12-17,26H2,1H3,(H,30,31). The van der Waals surface area contributed by atoms with Crippen LogP contribution in [-0.2, 0) is 29.0 Å². The van der Waals surface area contributed by atoms with Crippen molar-refractivity contribution in [3.63, 3.8) is 0 Å². The van der Waals surface area contributed by atoms with Gasteiger partial charge in [-0.15, -0.1) is 0 Å². The van der Waals surface area contributed by atoms with Crippen molar-refractivity contribution in [2.75, 3.05) is 26.2 Å². The van der Waals surface area contributed by atoms with Gasteiger partial charge in [0.15, 0.2) is 5.54 Å². The molecule has 0 radical (unpaired) electrons. The lowest BCUT2D eigenvalue weighted by molar-refractivity contribution is -0.165. The molecular formula is C25H29N3O4. The topological polar surface area (TPSA) is 100 Å². The summed E-state index contributed by atoms with van der Waals surface area (Å²) in [6.45, 7) is 3.50. The number of amides is 1. The number of aliphatic carboxylic acids is 1. The lowest BCUT2D eigenvalue weighted by atomic mass is 9.85. The Morgan fingerprint density at radius 2 is 1.81 bits per heavy atom. The molecule has 32 heavy (non-hydrogen) atoms. The summed E-state index contributed by atoms with van der Waals surface area (Å²) in [5.41, 5.74) is 7.06. The summed E-state index contributed by atoms with van der Waals surface area (Å²) >= 11 is 0. The van der Waals surface area contributed by atoms with E-state index in [0.29, 0.717) is 19.6 Å². The average Bonchev–Trinajstić information content (AvgIpc) is 3.17. The Labute approximate surface area is 187 Å². The molecule has 1 aromatic heterocycles. The van der Waals surface area contributed by atoms with Crippen LogP contribution < -0.4 is 5.73 Å². The Balaban J connectivity index is 1.70. The molecule has 168 valence electrons. The van der Waals surface area contributed by atoms with Crippen molar-refractivity contribution in [1.29, 1.82) is 0 Å². The minimum atomic E-state index is -1.39. The predicted octanol–water partition coefficient (Wildman–Crippen LogP) is 2.66. The van der Waals surface area contributed by atoms with E-state index in [-0.39, 0.29) is 25.4 Å². The number of rotatable bonds is 7. The van der Waals surface area contributed by atoms with Crippen LogP contribution in [0.5, 0.6) is 0 Å². The Morgan fingerprint density at radius 3 is 2.50 bits per heavy atom. The fourth-order valence-electron chi connectivity index (χ4n) is 4.77. The number of benzene rings is 2. The van der Waals surface area contributed by atoms with Crippen molar-refractivity contribution in [2.45, 2.75) is 31.8 Å². The van der Waals surface area contributed by atoms with Gasteiger partial charge in [0.05, 0.1) is 6.54 Å². The number of nitrogens with two attached hydrogens (primary N) is 1. The van der Waals surface area contributed by atoms with E-state index in [1.54, 1.807) is 0 Å². The largest absolute Gasteiger partial charge is 0.479 e. The quantitative estimate of drug-likeness (QED) is 0.592. The molecule has 3 aromatic rings. The van der Waals surface area contributed by atoms with Gasteiger partial charge in [-0.1, -0.05) is 55.5 Å². The minimum Gasteiger partial charge on any atom is -0.479 e. The highest BCUT2D eigenvalue weighted by molar-refractivity contribution is 5.89. The van der Waals surface area contributed by atoms with Crippen LogP contribution in [-0.4, -0.2) is 58.5 Å². The maximum atomic E-state index is 12.7. The van der Waals surface area contributed by atoms with E-state index in [0.717, 1.165) is 34.3 Å². The molecule has 0 bridgehead atoms. The number of furan rings is 1. The number of carboxylic acids is 1. The zero-order chi connectivity index (χ0) is 22.7. The third-order valence-corrected chi connectivity index (χ3v) is 6.34. The summed E-state index contributed by atoms with van der Waals surface area (Å²) in [7, 11) is 0. The number of carbonyl (C=O) groups is 2. The van der Waals surface area contributed by atoms with Crippen molar-refractivity contribution < 1.29 is 19.1 Å². The van der Waals surface area contributed by atoms with Crippen LogP contribution in [0.25, 0.3) is 11.0 Å². The van der Waals surface area contributed by atoms with Crippen molar-refractivity contribution in [2.24, 2.45) is 5.73 Å². The molecule has 1 atom stereocenters. The fraction of sp³-hybridized carbons (Fsp3) is 0.360. The van der Waals surface area contributed by atoms with E-state index < -0.39 is 11.5 Å². The molecule has 1 unspecified atom stereocenters. The number of carboxylic acid groups (broad SMARTS) is 1. The first kappa shape index (κ1) is 22.0. The second-order valence-electron chi connectivity index (χ2n) is 8.31. The second-order valence-corrected chi connectivity index (χ2v) is 8.31. The number of nitrogens with zero attached hydrogens (tertiary/aromatic N) is 2. The summed E-state index contributed by atoms with van der Waals surface area (Å²) in [6, 6.07) is 17.4. The molecule has 1 saturated heterocycles. The maximum absolute atomic E-state index is 12.7. The molecule has 0 spiro atoms. The number of hydrogen-bond donors (Lipinski definition) is 2. The predicted molar refractivity (Wildman–Crippen MR) is 122 cm³/mol. The van der Waals surface area contributed by atoms with Crippen LogP contribution in [0.2, 0.25) is 0 Å². The average molecular weight is 436 g/mol. The molecule has 7 heteroatoms. The van der Waals surface area contributed by atoms with Crippen LogP contribution in [0, 0.1) is 0 Å². The van der Waals surface area contributed by atoms with Gasteiger partial charge in [-0.3, -0.25) is 9.69 Å². The highest BCUT2D eigenvalue weighted by Crippen LogP contribution is 2.32. The molecule has 2 aromatic carbocycles. The monoisotopic (exact) mass is 435 g/mol. The van der Waals surface area contributed by atoms with Gasteiger partial charge >= 0.3 is 5.97 Å². The summed E-state index contributed by atoms with van der Waals surface area (Å²) in [6.07, 6.45) is 0.974. The van der Waals surface area contributed by atoms with Crippen molar-refractivity contribution in [1.82, 2.24) is 9.80 Å². The normalized spacial score (nSPS) is 19.4. The Hall–Kier alpha value is -3.16. The van der Waals surface area contributed by atoms with Crippen LogP contribution in [0.1, 0.15) is 23.8 Å². The van der Waals surface area contributed by atoms with Gasteiger partial charge in [0.25, 0.3) is 0 Å². The van der Waals surface area contributed by atoms with E-state index in [2.05, 4.69) is 11.8 Å². The SMILES string of the molecule is CCc1oc2ccccc2c1CN1CCN(C(=O)CN)C(Cc2ccccc2)(C(=O)O)C1. The second kappa shape index (κ2) is 9.14. The summed E-state index contributed by atoms with van der Waals surface area (Å²) in [5.74, 6) is -0.442. The first-order chi connectivity index (χ1) is 15.5. The summed E-state index contributed by atoms with van der Waals surface area (Å²) < 4.78 is 6.04. The van der Waals surface area contributed by atoms with Gasteiger partial charge in [-0.05, 0) is 11.6 Å². The Bertz CT molecular complexity index is 1110. The highest BCUT2D eigenvalue weighted by Gasteiger charge is 2.50. The lowest BCUT2D eigenvalue weighted by Gasteiger charge is -2.48. The van der Waals surface area contributed by atoms with E-state index in [9.17, 15) is 14.7 Å². The van der Waals surface area contributed by atoms with Gasteiger partial charge in [-0.25, -0.2) is 4.79 Å². The van der Waals surface area contributed by atoms with Crippen LogP contribution in [0.3, 0.4) is 0 Å². The molecule has 0 aliphatic carbocycles. The Morgan fingerprint density at radius 1 is 1.09 bits per heavy atom. The van der Waals surface area contributed by atoms with Crippen LogP contribution in [0.4, 0.5) is 0 Å². The van der Waals surface area contributed by atoms with E-state index >= 15 is 0 Å². The summed E-state index contributed by atoms with van der Waals surface area (Å²) in [5, 5.41) is 11.5. The smallest absolute Gasteiger partial charge is 0.331 e. The first-order valence-electron chi connectivity index (χ1n) is 11.0. The van der Waals surface area contributed by atoms with Gasteiger partial charge in [-0.2, -0.15) is 0 Å². The fourth-order valence-corrected chi connectivity index (χ4v) is 4.77. The number of para-hydroxylation sites is 1. The highest BCUT2D eigenvalue weighted by atomic mass is 16.4. The number of hydrogen-bond acceptors (Lipinski definition) is 5. The number of piperazine rings is 1. The Kier molecular flexibility index (Phi) is 6.30. The molecule has 4 rings (SSSR count). The molecular weight excluding hydrogens is 406 g/mol. The lowest BCUT2D eigenvalue weighted by Crippen LogP contribution is -2.69. The molecule has 1 aliphatic rings. The van der Waals surface area contributed by atoms with Gasteiger partial charge in [0.1, 0.15) is 11.3 Å². The summed E-state index contributed by atoms with van der Waals surface area (Å²) in [4.78, 5) is 29.0. The first-order valence-corrected chi connectivity index (χ1v) is 11.0. The maximum Gasteiger partial charge on any atom is 0.331 e. The minimum absolute atomic E-state index is 0.212. The van der Waals surface area contributed by atoms with E-state index in [1.165, 1.54) is 4.90 Å². The molecule has 1 aliphatic heterocycles. The van der Waals surface area contributed by atoms with E-state index in [1.807, 2.05) is 54.6 Å². The van der Waals surface area contributed by atoms with Gasteiger partial charge in [0.2, 0.25) is 5.91 Å². The van der Waals surface area contributed by atoms with Crippen LogP contribution in [0.15, 0.2) is 59.0 Å². The third-order valence-electron chi connectivity index (χ3n) is 6.34. The molecule has 7 nitrogen and oxygen atoms in total. The number of aryl methyl sites for hydroxylation is 1. The van der Waals surface area contributed by atoms with Crippen molar-refractivity contribution >= 4 is 22.8 Å². The molecule has 3 N–H and O–H groups in total. The zero-order valence-corrected chi connectivity index (χ0v) is 18.3. The van der Waals surface area contributed by atoms with Crippen molar-refractivity contribution in [3.05, 3.63) is 71.5 Å². The van der Waals surface area contributed by atoms with Crippen molar-refractivity contribution in [3.8, 4) is 0 Å². The molecule has 2 heterocycles. The number of carbonyl (C=O) groups excluding carboxylic acids is 1. The molecule has 1 fully saturated rings. The van der Waals surface area contributed by atoms with Gasteiger partial charge < -0.3 is 20.2 Å². The van der Waals surface area contributed by atoms with Crippen LogP contribution >= 0.6 is 0 Å².